The highest BCUT2D eigenvalue weighted by Gasteiger charge is 2.16. The second-order valence-electron chi connectivity index (χ2n) is 2.65. The van der Waals surface area contributed by atoms with E-state index in [0.717, 1.165) is 18.2 Å². The number of rotatable bonds is 4. The van der Waals surface area contributed by atoms with Crippen LogP contribution in [0.15, 0.2) is 18.2 Å². The van der Waals surface area contributed by atoms with E-state index < -0.39 is 10.9 Å². The van der Waals surface area contributed by atoms with Gasteiger partial charge in [-0.05, 0) is 6.07 Å². The molecule has 1 aromatic rings. The SMILES string of the molecule is O=COC(=O)c1ccc([N+](=O)[O-])cc1C=O. The van der Waals surface area contributed by atoms with Crippen molar-refractivity contribution in [1.29, 1.82) is 0 Å². The topological polar surface area (TPSA) is 104 Å². The Morgan fingerprint density at radius 3 is 2.56 bits per heavy atom. The van der Waals surface area contributed by atoms with Crippen LogP contribution in [0.4, 0.5) is 5.69 Å². The summed E-state index contributed by atoms with van der Waals surface area (Å²) in [5.74, 6) is -1.04. The van der Waals surface area contributed by atoms with E-state index in [2.05, 4.69) is 4.74 Å². The van der Waals surface area contributed by atoms with E-state index in [9.17, 15) is 24.5 Å². The largest absolute Gasteiger partial charge is 0.392 e. The van der Waals surface area contributed by atoms with Crippen LogP contribution in [0.5, 0.6) is 0 Å². The number of nitrogens with zero attached hydrogens (tertiary/aromatic N) is 1. The highest BCUT2D eigenvalue weighted by atomic mass is 16.6. The first-order valence-corrected chi connectivity index (χ1v) is 3.98. The van der Waals surface area contributed by atoms with Crippen molar-refractivity contribution >= 4 is 24.4 Å². The average molecular weight is 223 g/mol. The van der Waals surface area contributed by atoms with E-state index in [4.69, 9.17) is 0 Å². The van der Waals surface area contributed by atoms with Crippen molar-refractivity contribution in [2.45, 2.75) is 0 Å². The Kier molecular flexibility index (Phi) is 3.44. The predicted molar refractivity (Wildman–Crippen MR) is 50.0 cm³/mol. The highest BCUT2D eigenvalue weighted by Crippen LogP contribution is 2.17. The summed E-state index contributed by atoms with van der Waals surface area (Å²) >= 11 is 0. The molecule has 0 bridgehead atoms. The van der Waals surface area contributed by atoms with Gasteiger partial charge in [-0.2, -0.15) is 0 Å². The third-order valence-electron chi connectivity index (χ3n) is 1.75. The minimum absolute atomic E-state index is 0.0850. The summed E-state index contributed by atoms with van der Waals surface area (Å²) in [6.45, 7) is -0.0850. The molecule has 7 nitrogen and oxygen atoms in total. The zero-order valence-electron chi connectivity index (χ0n) is 7.78. The first-order valence-electron chi connectivity index (χ1n) is 3.98. The van der Waals surface area contributed by atoms with Crippen LogP contribution in [-0.4, -0.2) is 23.7 Å². The molecule has 0 heterocycles. The summed E-state index contributed by atoms with van der Waals surface area (Å²) in [4.78, 5) is 41.3. The third kappa shape index (κ3) is 2.27. The van der Waals surface area contributed by atoms with Crippen molar-refractivity contribution in [2.75, 3.05) is 0 Å². The molecule has 0 atom stereocenters. The molecule has 16 heavy (non-hydrogen) atoms. The fourth-order valence-electron chi connectivity index (χ4n) is 1.05. The van der Waals surface area contributed by atoms with Gasteiger partial charge in [-0.1, -0.05) is 0 Å². The van der Waals surface area contributed by atoms with Gasteiger partial charge in [-0.15, -0.1) is 0 Å². The van der Waals surface area contributed by atoms with Crippen LogP contribution in [0.3, 0.4) is 0 Å². The number of ether oxygens (including phenoxy) is 1. The van der Waals surface area contributed by atoms with E-state index >= 15 is 0 Å². The molecule has 0 aromatic heterocycles. The molecule has 0 unspecified atom stereocenters. The Morgan fingerprint density at radius 1 is 1.38 bits per heavy atom. The molecule has 82 valence electrons. The van der Waals surface area contributed by atoms with Gasteiger partial charge in [0.1, 0.15) is 0 Å². The van der Waals surface area contributed by atoms with Gasteiger partial charge in [0.15, 0.2) is 6.29 Å². The first-order chi connectivity index (χ1) is 7.60. The Hall–Kier alpha value is -2.57. The first kappa shape index (κ1) is 11.5. The molecule has 1 rings (SSSR count). The maximum Gasteiger partial charge on any atom is 0.346 e. The summed E-state index contributed by atoms with van der Waals surface area (Å²) in [7, 11) is 0. The number of benzene rings is 1. The fourth-order valence-corrected chi connectivity index (χ4v) is 1.05. The predicted octanol–water partition coefficient (Wildman–Crippen LogP) is 0.720. The normalized spacial score (nSPS) is 9.25. The lowest BCUT2D eigenvalue weighted by Crippen LogP contribution is -2.07. The van der Waals surface area contributed by atoms with Crippen molar-refractivity contribution in [2.24, 2.45) is 0 Å². The van der Waals surface area contributed by atoms with Gasteiger partial charge in [0, 0.05) is 17.7 Å². The Bertz CT molecular complexity index is 467. The minimum atomic E-state index is -1.04. The standard InChI is InChI=1S/C9H5NO6/c11-4-6-3-7(10(14)15)1-2-8(6)9(13)16-5-12/h1-5H. The molecule has 0 spiro atoms. The van der Waals surface area contributed by atoms with E-state index in [1.165, 1.54) is 0 Å². The molecule has 1 aromatic carbocycles. The summed E-state index contributed by atoms with van der Waals surface area (Å²) < 4.78 is 4.02. The number of nitro groups is 1. The zero-order valence-corrected chi connectivity index (χ0v) is 7.78. The molecule has 0 fully saturated rings. The maximum atomic E-state index is 11.1. The van der Waals surface area contributed by atoms with Crippen molar-refractivity contribution in [1.82, 2.24) is 0 Å². The highest BCUT2D eigenvalue weighted by molar-refractivity contribution is 6.00. The second kappa shape index (κ2) is 4.78. The molecule has 0 aliphatic heterocycles. The number of non-ortho nitro benzene ring substituents is 1. The van der Waals surface area contributed by atoms with Crippen molar-refractivity contribution in [3.8, 4) is 0 Å². The van der Waals surface area contributed by atoms with Gasteiger partial charge < -0.3 is 4.74 Å². The summed E-state index contributed by atoms with van der Waals surface area (Å²) in [5, 5.41) is 10.4. The lowest BCUT2D eigenvalue weighted by Gasteiger charge is -2.00. The number of carbonyl (C=O) groups excluding carboxylic acids is 3. The van der Waals surface area contributed by atoms with Crippen LogP contribution in [0, 0.1) is 10.1 Å². The van der Waals surface area contributed by atoms with Gasteiger partial charge in [0.25, 0.3) is 5.69 Å². The molecule has 0 saturated carbocycles. The van der Waals surface area contributed by atoms with Crippen LogP contribution in [0.1, 0.15) is 20.7 Å². The van der Waals surface area contributed by atoms with Crippen LogP contribution in [0.25, 0.3) is 0 Å². The Morgan fingerprint density at radius 2 is 2.06 bits per heavy atom. The number of aldehydes is 1. The van der Waals surface area contributed by atoms with Crippen LogP contribution < -0.4 is 0 Å². The van der Waals surface area contributed by atoms with Crippen molar-refractivity contribution < 1.29 is 24.0 Å². The molecular formula is C9H5NO6. The van der Waals surface area contributed by atoms with Gasteiger partial charge in [-0.3, -0.25) is 19.7 Å². The van der Waals surface area contributed by atoms with Gasteiger partial charge >= 0.3 is 12.4 Å². The minimum Gasteiger partial charge on any atom is -0.392 e. The fraction of sp³-hybridized carbons (Fsp3) is 0. The van der Waals surface area contributed by atoms with Crippen LogP contribution >= 0.6 is 0 Å². The lowest BCUT2D eigenvalue weighted by atomic mass is 10.1. The van der Waals surface area contributed by atoms with Crippen molar-refractivity contribution in [3.63, 3.8) is 0 Å². The lowest BCUT2D eigenvalue weighted by molar-refractivity contribution is -0.384. The molecule has 7 heteroatoms. The Balaban J connectivity index is 3.21. The summed E-state index contributed by atoms with van der Waals surface area (Å²) in [6, 6.07) is 3.01. The van der Waals surface area contributed by atoms with E-state index in [-0.39, 0.29) is 29.6 Å². The van der Waals surface area contributed by atoms with E-state index in [1.54, 1.807) is 0 Å². The van der Waals surface area contributed by atoms with Crippen LogP contribution in [-0.2, 0) is 9.53 Å². The zero-order chi connectivity index (χ0) is 12.1. The number of hydrogen-bond acceptors (Lipinski definition) is 6. The number of hydrogen-bond donors (Lipinski definition) is 0. The molecule has 0 aliphatic carbocycles. The molecule has 0 radical (unpaired) electrons. The Labute approximate surface area is 88.8 Å². The molecular weight excluding hydrogens is 218 g/mol. The van der Waals surface area contributed by atoms with Crippen molar-refractivity contribution in [3.05, 3.63) is 39.4 Å². The van der Waals surface area contributed by atoms with Crippen LogP contribution in [0.2, 0.25) is 0 Å². The quantitative estimate of drug-likeness (QED) is 0.245. The summed E-state index contributed by atoms with van der Waals surface area (Å²) in [5.41, 5.74) is -0.737. The summed E-state index contributed by atoms with van der Waals surface area (Å²) in [6.07, 6.45) is 0.272. The van der Waals surface area contributed by atoms with E-state index in [1.807, 2.05) is 0 Å². The number of esters is 1. The van der Waals surface area contributed by atoms with Gasteiger partial charge in [0.05, 0.1) is 10.5 Å². The number of carbonyl (C=O) groups is 3. The number of nitro benzene ring substituents is 1. The van der Waals surface area contributed by atoms with Gasteiger partial charge in [0.2, 0.25) is 0 Å². The van der Waals surface area contributed by atoms with E-state index in [0.29, 0.717) is 0 Å². The maximum absolute atomic E-state index is 11.1. The smallest absolute Gasteiger partial charge is 0.346 e. The third-order valence-corrected chi connectivity index (χ3v) is 1.75. The van der Waals surface area contributed by atoms with Gasteiger partial charge in [-0.25, -0.2) is 4.79 Å². The molecule has 0 aliphatic rings. The molecule has 0 saturated heterocycles. The average Bonchev–Trinajstić information content (AvgIpc) is 2.28. The molecule has 0 N–H and O–H groups in total. The second-order valence-corrected chi connectivity index (χ2v) is 2.65. The molecule has 0 amide bonds. The monoisotopic (exact) mass is 223 g/mol.